The fourth-order valence-electron chi connectivity index (χ4n) is 1.83. The van der Waals surface area contributed by atoms with Gasteiger partial charge in [-0.1, -0.05) is 20.3 Å². The second-order valence-corrected chi connectivity index (χ2v) is 4.41. The van der Waals surface area contributed by atoms with E-state index in [0.29, 0.717) is 0 Å². The third kappa shape index (κ3) is 4.61. The molecule has 0 fully saturated rings. The fraction of sp³-hybridized carbons (Fsp3) is 0.615. The summed E-state index contributed by atoms with van der Waals surface area (Å²) in [5.41, 5.74) is -0.694. The van der Waals surface area contributed by atoms with Crippen LogP contribution < -0.4 is 10.6 Å². The van der Waals surface area contributed by atoms with Crippen LogP contribution in [0.5, 0.6) is 0 Å². The standard InChI is InChI=1S/C13H20F3N3/c1-4-6-10(5-2)18-12-8-9(13(14,15)16)7-11(17-3)19-12/h7-8,10H,4-6H2,1-3H3,(H2,17,18,19). The van der Waals surface area contributed by atoms with Crippen molar-refractivity contribution in [3.63, 3.8) is 0 Å². The molecule has 0 spiro atoms. The van der Waals surface area contributed by atoms with Gasteiger partial charge in [-0.2, -0.15) is 13.2 Å². The van der Waals surface area contributed by atoms with Crippen LogP contribution in [0.4, 0.5) is 24.8 Å². The van der Waals surface area contributed by atoms with Gasteiger partial charge in [0.1, 0.15) is 11.6 Å². The van der Waals surface area contributed by atoms with E-state index in [-0.39, 0.29) is 17.7 Å². The maximum absolute atomic E-state index is 12.8. The number of hydrogen-bond donors (Lipinski definition) is 2. The molecule has 3 nitrogen and oxygen atoms in total. The zero-order chi connectivity index (χ0) is 14.5. The van der Waals surface area contributed by atoms with Gasteiger partial charge in [0.2, 0.25) is 0 Å². The van der Waals surface area contributed by atoms with E-state index in [2.05, 4.69) is 15.6 Å². The first-order valence-electron chi connectivity index (χ1n) is 6.44. The van der Waals surface area contributed by atoms with Crippen LogP contribution in [0.25, 0.3) is 0 Å². The summed E-state index contributed by atoms with van der Waals surface area (Å²) in [6, 6.07) is 2.20. The van der Waals surface area contributed by atoms with Gasteiger partial charge in [-0.3, -0.25) is 0 Å². The van der Waals surface area contributed by atoms with E-state index in [1.807, 2.05) is 13.8 Å². The van der Waals surface area contributed by atoms with Crippen molar-refractivity contribution in [1.82, 2.24) is 4.98 Å². The van der Waals surface area contributed by atoms with Gasteiger partial charge in [0.05, 0.1) is 5.56 Å². The van der Waals surface area contributed by atoms with Gasteiger partial charge in [0, 0.05) is 13.1 Å². The Labute approximate surface area is 111 Å². The Morgan fingerprint density at radius 1 is 1.21 bits per heavy atom. The molecule has 0 saturated heterocycles. The highest BCUT2D eigenvalue weighted by Gasteiger charge is 2.31. The van der Waals surface area contributed by atoms with Crippen molar-refractivity contribution in [2.75, 3.05) is 17.7 Å². The minimum atomic E-state index is -4.36. The molecule has 0 bridgehead atoms. The number of anilines is 2. The minimum absolute atomic E-state index is 0.144. The lowest BCUT2D eigenvalue weighted by Crippen LogP contribution is -2.20. The van der Waals surface area contributed by atoms with Crippen LogP contribution in [0.2, 0.25) is 0 Å². The lowest BCUT2D eigenvalue weighted by Gasteiger charge is -2.18. The number of alkyl halides is 3. The van der Waals surface area contributed by atoms with Crippen molar-refractivity contribution in [1.29, 1.82) is 0 Å². The monoisotopic (exact) mass is 275 g/mol. The molecule has 108 valence electrons. The van der Waals surface area contributed by atoms with Crippen molar-refractivity contribution in [3.8, 4) is 0 Å². The number of nitrogens with zero attached hydrogens (tertiary/aromatic N) is 1. The fourth-order valence-corrected chi connectivity index (χ4v) is 1.83. The highest BCUT2D eigenvalue weighted by atomic mass is 19.4. The predicted octanol–water partition coefficient (Wildman–Crippen LogP) is 4.13. The molecule has 0 radical (unpaired) electrons. The van der Waals surface area contributed by atoms with E-state index in [1.54, 1.807) is 7.05 Å². The zero-order valence-corrected chi connectivity index (χ0v) is 11.4. The second kappa shape index (κ2) is 6.63. The minimum Gasteiger partial charge on any atom is -0.373 e. The molecule has 0 aromatic carbocycles. The van der Waals surface area contributed by atoms with Crippen molar-refractivity contribution < 1.29 is 13.2 Å². The molecule has 1 atom stereocenters. The Hall–Kier alpha value is -1.46. The molecular formula is C13H20F3N3. The summed E-state index contributed by atoms with van der Waals surface area (Å²) in [6.45, 7) is 4.04. The van der Waals surface area contributed by atoms with Crippen LogP contribution in [0, 0.1) is 0 Å². The van der Waals surface area contributed by atoms with Crippen molar-refractivity contribution in [2.24, 2.45) is 0 Å². The van der Waals surface area contributed by atoms with E-state index >= 15 is 0 Å². The molecular weight excluding hydrogens is 255 g/mol. The molecule has 1 rings (SSSR count). The number of aromatic nitrogens is 1. The zero-order valence-electron chi connectivity index (χ0n) is 11.4. The molecule has 2 N–H and O–H groups in total. The number of rotatable bonds is 6. The van der Waals surface area contributed by atoms with E-state index in [4.69, 9.17) is 0 Å². The molecule has 0 aliphatic rings. The van der Waals surface area contributed by atoms with Gasteiger partial charge in [-0.15, -0.1) is 0 Å². The quantitative estimate of drug-likeness (QED) is 0.819. The van der Waals surface area contributed by atoms with Crippen LogP contribution >= 0.6 is 0 Å². The van der Waals surface area contributed by atoms with Crippen LogP contribution in [0.1, 0.15) is 38.7 Å². The van der Waals surface area contributed by atoms with Crippen LogP contribution in [0.15, 0.2) is 12.1 Å². The highest BCUT2D eigenvalue weighted by molar-refractivity contribution is 5.49. The Bertz CT molecular complexity index is 405. The Kier molecular flexibility index (Phi) is 5.44. The van der Waals surface area contributed by atoms with Gasteiger partial charge in [0.25, 0.3) is 0 Å². The lowest BCUT2D eigenvalue weighted by atomic mass is 10.1. The molecule has 6 heteroatoms. The summed E-state index contributed by atoms with van der Waals surface area (Å²) in [5.74, 6) is 0.475. The smallest absolute Gasteiger partial charge is 0.373 e. The van der Waals surface area contributed by atoms with Gasteiger partial charge in [-0.25, -0.2) is 4.98 Å². The topological polar surface area (TPSA) is 37.0 Å². The maximum Gasteiger partial charge on any atom is 0.416 e. The Balaban J connectivity index is 3.00. The average molecular weight is 275 g/mol. The maximum atomic E-state index is 12.8. The lowest BCUT2D eigenvalue weighted by molar-refractivity contribution is -0.137. The third-order valence-electron chi connectivity index (χ3n) is 2.89. The van der Waals surface area contributed by atoms with Crippen LogP contribution in [0.3, 0.4) is 0 Å². The first-order valence-corrected chi connectivity index (χ1v) is 6.44. The van der Waals surface area contributed by atoms with Gasteiger partial charge < -0.3 is 10.6 Å². The number of pyridine rings is 1. The number of nitrogens with one attached hydrogen (secondary N) is 2. The van der Waals surface area contributed by atoms with E-state index in [9.17, 15) is 13.2 Å². The second-order valence-electron chi connectivity index (χ2n) is 4.41. The largest absolute Gasteiger partial charge is 0.416 e. The molecule has 1 aromatic rings. The highest BCUT2D eigenvalue weighted by Crippen LogP contribution is 2.32. The van der Waals surface area contributed by atoms with Crippen molar-refractivity contribution >= 4 is 11.6 Å². The predicted molar refractivity (Wildman–Crippen MR) is 71.4 cm³/mol. The summed E-state index contributed by atoms with van der Waals surface area (Å²) in [5, 5.41) is 5.72. The van der Waals surface area contributed by atoms with Crippen molar-refractivity contribution in [2.45, 2.75) is 45.3 Å². The van der Waals surface area contributed by atoms with Crippen LogP contribution in [-0.4, -0.2) is 18.1 Å². The normalized spacial score (nSPS) is 13.2. The summed E-state index contributed by atoms with van der Waals surface area (Å²) >= 11 is 0. The molecule has 1 heterocycles. The van der Waals surface area contributed by atoms with Crippen molar-refractivity contribution in [3.05, 3.63) is 17.7 Å². The molecule has 0 aliphatic carbocycles. The Morgan fingerprint density at radius 2 is 1.84 bits per heavy atom. The molecule has 1 aromatic heterocycles. The SMILES string of the molecule is CCCC(CC)Nc1cc(C(F)(F)F)cc(NC)n1. The third-order valence-corrected chi connectivity index (χ3v) is 2.89. The summed E-state index contributed by atoms with van der Waals surface area (Å²) in [6.07, 6.45) is -1.63. The van der Waals surface area contributed by atoms with E-state index < -0.39 is 11.7 Å². The molecule has 0 amide bonds. The number of halogens is 3. The summed E-state index contributed by atoms with van der Waals surface area (Å²) in [4.78, 5) is 4.11. The van der Waals surface area contributed by atoms with Gasteiger partial charge in [-0.05, 0) is 25.0 Å². The summed E-state index contributed by atoms with van der Waals surface area (Å²) < 4.78 is 38.3. The summed E-state index contributed by atoms with van der Waals surface area (Å²) in [7, 11) is 1.55. The van der Waals surface area contributed by atoms with E-state index in [0.717, 1.165) is 31.4 Å². The molecule has 19 heavy (non-hydrogen) atoms. The Morgan fingerprint density at radius 3 is 2.32 bits per heavy atom. The van der Waals surface area contributed by atoms with Gasteiger partial charge in [0.15, 0.2) is 0 Å². The van der Waals surface area contributed by atoms with E-state index in [1.165, 1.54) is 0 Å². The molecule has 0 saturated carbocycles. The first-order chi connectivity index (χ1) is 8.90. The molecule has 1 unspecified atom stereocenters. The first kappa shape index (κ1) is 15.6. The number of hydrogen-bond acceptors (Lipinski definition) is 3. The molecule has 0 aliphatic heterocycles. The van der Waals surface area contributed by atoms with Crippen LogP contribution in [-0.2, 0) is 6.18 Å². The average Bonchev–Trinajstić information content (AvgIpc) is 2.36. The van der Waals surface area contributed by atoms with Gasteiger partial charge >= 0.3 is 6.18 Å².